The highest BCUT2D eigenvalue weighted by molar-refractivity contribution is 7.93. The lowest BCUT2D eigenvalue weighted by Crippen LogP contribution is -2.18. The number of rotatable bonds is 4. The molecule has 2 heterocycles. The molecule has 2 aliphatic carbocycles. The maximum absolute atomic E-state index is 12.9. The monoisotopic (exact) mass is 449 g/mol. The van der Waals surface area contributed by atoms with E-state index < -0.39 is 21.5 Å². The Hall–Kier alpha value is -1.88. The van der Waals surface area contributed by atoms with Crippen LogP contribution in [0.15, 0.2) is 14.8 Å². The van der Waals surface area contributed by atoms with Crippen molar-refractivity contribution in [1.82, 2.24) is 9.97 Å². The number of aromatic nitrogens is 2. The lowest BCUT2D eigenvalue weighted by Gasteiger charge is -2.16. The van der Waals surface area contributed by atoms with Gasteiger partial charge in [0.15, 0.2) is 9.92 Å². The number of nitrogens with one attached hydrogen (secondary N) is 1. The highest BCUT2D eigenvalue weighted by Crippen LogP contribution is 2.42. The fourth-order valence-corrected chi connectivity index (χ4v) is 6.28. The second-order valence-corrected chi connectivity index (χ2v) is 11.5. The van der Waals surface area contributed by atoms with Crippen molar-refractivity contribution in [2.24, 2.45) is 9.50 Å². The average molecular weight is 450 g/mol. The molecule has 0 aromatic carbocycles. The van der Waals surface area contributed by atoms with Gasteiger partial charge in [-0.2, -0.15) is 0 Å². The van der Waals surface area contributed by atoms with Gasteiger partial charge in [-0.1, -0.05) is 6.92 Å². The van der Waals surface area contributed by atoms with Gasteiger partial charge in [-0.15, -0.1) is 15.7 Å². The van der Waals surface area contributed by atoms with Gasteiger partial charge >= 0.3 is 6.03 Å². The van der Waals surface area contributed by atoms with Crippen LogP contribution in [0, 0.1) is 0 Å². The summed E-state index contributed by atoms with van der Waals surface area (Å²) in [4.78, 5) is 21.7. The molecule has 4 N–H and O–H groups in total. The van der Waals surface area contributed by atoms with E-state index in [4.69, 9.17) is 10.1 Å². The molecule has 0 saturated carbocycles. The van der Waals surface area contributed by atoms with Crippen LogP contribution in [0.3, 0.4) is 0 Å². The van der Waals surface area contributed by atoms with Gasteiger partial charge in [0.1, 0.15) is 14.8 Å². The quantitative estimate of drug-likeness (QED) is 0.656. The summed E-state index contributed by atoms with van der Waals surface area (Å²) in [6, 6.07) is -0.733. The third-order valence-corrected chi connectivity index (χ3v) is 8.92. The number of hydrogen-bond donors (Lipinski definition) is 3. The predicted octanol–water partition coefficient (Wildman–Crippen LogP) is 3.63. The minimum Gasteiger partial charge on any atom is -0.383 e. The average Bonchev–Trinajstić information content (AvgIpc) is 3.39. The van der Waals surface area contributed by atoms with E-state index in [1.165, 1.54) is 6.20 Å². The van der Waals surface area contributed by atoms with Crippen molar-refractivity contribution in [2.45, 2.75) is 75.0 Å². The molecule has 2 unspecified atom stereocenters. The summed E-state index contributed by atoms with van der Waals surface area (Å²) in [6.07, 6.45) is 7.00. The van der Waals surface area contributed by atoms with Crippen LogP contribution in [0.5, 0.6) is 0 Å². The van der Waals surface area contributed by atoms with Crippen molar-refractivity contribution < 1.29 is 14.1 Å². The molecular formula is C20H27N5O3S2. The molecular weight excluding hydrogens is 422 g/mol. The lowest BCUT2D eigenvalue weighted by atomic mass is 10.0. The van der Waals surface area contributed by atoms with E-state index in [9.17, 15) is 14.1 Å². The predicted molar refractivity (Wildman–Crippen MR) is 117 cm³/mol. The number of carbonyl (C=O) groups excluding carboxylic acids is 1. The Morgan fingerprint density at radius 2 is 2.17 bits per heavy atom. The van der Waals surface area contributed by atoms with Crippen LogP contribution in [-0.4, -0.2) is 25.3 Å². The molecule has 2 aromatic rings. The van der Waals surface area contributed by atoms with Gasteiger partial charge in [0.2, 0.25) is 0 Å². The Kier molecular flexibility index (Phi) is 5.46. The number of thiazole rings is 1. The Morgan fingerprint density at radius 3 is 2.83 bits per heavy atom. The van der Waals surface area contributed by atoms with Crippen molar-refractivity contribution in [1.29, 1.82) is 0 Å². The van der Waals surface area contributed by atoms with E-state index in [1.807, 2.05) is 0 Å². The molecule has 2 amide bonds. The van der Waals surface area contributed by atoms with Gasteiger partial charge in [-0.25, -0.2) is 19.1 Å². The van der Waals surface area contributed by atoms with E-state index in [0.717, 1.165) is 78.1 Å². The maximum atomic E-state index is 12.9. The molecule has 2 aliphatic rings. The minimum atomic E-state index is -3.47. The van der Waals surface area contributed by atoms with E-state index >= 15 is 0 Å². The molecule has 4 rings (SSSR count). The van der Waals surface area contributed by atoms with E-state index in [0.29, 0.717) is 10.9 Å². The number of nitrogens with two attached hydrogens (primary N) is 1. The van der Waals surface area contributed by atoms with Gasteiger partial charge in [0.25, 0.3) is 0 Å². The fourth-order valence-electron chi connectivity index (χ4n) is 4.21. The smallest absolute Gasteiger partial charge is 0.354 e. The molecule has 162 valence electrons. The Morgan fingerprint density at radius 1 is 1.40 bits per heavy atom. The first-order chi connectivity index (χ1) is 14.1. The zero-order chi connectivity index (χ0) is 21.7. The highest BCUT2D eigenvalue weighted by atomic mass is 32.2. The largest absolute Gasteiger partial charge is 0.383 e. The number of carbonyl (C=O) groups is 1. The molecule has 0 spiro atoms. The normalized spacial score (nSPS) is 19.8. The second kappa shape index (κ2) is 7.67. The zero-order valence-electron chi connectivity index (χ0n) is 17.4. The number of hydrogen-bond acceptors (Lipinski definition) is 6. The number of pyridine rings is 1. The third kappa shape index (κ3) is 3.89. The number of nitrogens with zero attached hydrogens (tertiary/aromatic N) is 3. The minimum absolute atomic E-state index is 0.158. The first kappa shape index (κ1) is 21.4. The molecule has 0 fully saturated rings. The summed E-state index contributed by atoms with van der Waals surface area (Å²) in [5.41, 5.74) is 3.88. The molecule has 0 saturated heterocycles. The Labute approximate surface area is 180 Å². The van der Waals surface area contributed by atoms with Gasteiger partial charge in [0, 0.05) is 17.3 Å². The van der Waals surface area contributed by atoms with Crippen LogP contribution in [-0.2, 0) is 34.8 Å². The second-order valence-electron chi connectivity index (χ2n) is 8.41. The van der Waals surface area contributed by atoms with E-state index in [1.54, 1.807) is 13.8 Å². The van der Waals surface area contributed by atoms with Crippen molar-refractivity contribution in [3.8, 4) is 0 Å². The van der Waals surface area contributed by atoms with Gasteiger partial charge in [-0.3, -0.25) is 4.98 Å². The first-order valence-corrected chi connectivity index (χ1v) is 12.6. The number of anilines is 1. The van der Waals surface area contributed by atoms with Gasteiger partial charge < -0.3 is 10.4 Å². The summed E-state index contributed by atoms with van der Waals surface area (Å²) in [6.45, 7) is 5.31. The fraction of sp³-hybridized carbons (Fsp3) is 0.550. The first-order valence-electron chi connectivity index (χ1n) is 10.2. The number of aryl methyl sites for hydroxylation is 1. The van der Waals surface area contributed by atoms with E-state index in [-0.39, 0.29) is 4.21 Å². The summed E-state index contributed by atoms with van der Waals surface area (Å²) < 4.78 is 16.9. The molecule has 30 heavy (non-hydrogen) atoms. The van der Waals surface area contributed by atoms with Crippen molar-refractivity contribution in [3.05, 3.63) is 33.7 Å². The molecule has 8 nitrogen and oxygen atoms in total. The van der Waals surface area contributed by atoms with Gasteiger partial charge in [-0.05, 0) is 63.5 Å². The Bertz CT molecular complexity index is 1130. The van der Waals surface area contributed by atoms with Crippen LogP contribution in [0.2, 0.25) is 0 Å². The highest BCUT2D eigenvalue weighted by Gasteiger charge is 2.31. The van der Waals surface area contributed by atoms with E-state index in [2.05, 4.69) is 21.6 Å². The number of fused-ring (bicyclic) bond motifs is 2. The maximum Gasteiger partial charge on any atom is 0.354 e. The Balaban J connectivity index is 1.66. The lowest BCUT2D eigenvalue weighted by molar-refractivity contribution is 0.0783. The van der Waals surface area contributed by atoms with Crippen LogP contribution in [0.1, 0.15) is 73.5 Å². The topological polar surface area (TPSA) is 131 Å². The molecule has 0 aliphatic heterocycles. The summed E-state index contributed by atoms with van der Waals surface area (Å²) in [5, 5.41) is 19.2. The molecule has 2 atom stereocenters. The van der Waals surface area contributed by atoms with Gasteiger partial charge in [0.05, 0.1) is 11.9 Å². The standard InChI is InChI=1S/C20H27N5O3S2/c1-4-11-8-9-13-16(11)23-14-7-5-6-12(14)17(13)24-19(26)25-30(21,28)15-10-22-18(29-15)20(2,3)27/h10-11,27H,4-9H2,1-3H3,(H3,21,23,24,25,26,28). The van der Waals surface area contributed by atoms with Crippen LogP contribution < -0.4 is 10.5 Å². The van der Waals surface area contributed by atoms with Crippen LogP contribution in [0.4, 0.5) is 10.5 Å². The third-order valence-electron chi connectivity index (χ3n) is 5.73. The summed E-state index contributed by atoms with van der Waals surface area (Å²) in [5.74, 6) is 0.412. The molecule has 10 heteroatoms. The zero-order valence-corrected chi connectivity index (χ0v) is 19.0. The number of amides is 2. The molecule has 0 bridgehead atoms. The van der Waals surface area contributed by atoms with Crippen molar-refractivity contribution >= 4 is 33.0 Å². The van der Waals surface area contributed by atoms with Crippen molar-refractivity contribution in [2.75, 3.05) is 5.32 Å². The summed E-state index contributed by atoms with van der Waals surface area (Å²) >= 11 is 0.993. The summed E-state index contributed by atoms with van der Waals surface area (Å²) in [7, 11) is -3.47. The SMILES string of the molecule is CCC1CCc2c1nc1c(c2NC(=O)N=S(N)(=O)c2cnc(C(C)(C)O)s2)CCC1. The number of urea groups is 1. The van der Waals surface area contributed by atoms with Crippen molar-refractivity contribution in [3.63, 3.8) is 0 Å². The number of aliphatic hydroxyl groups is 1. The van der Waals surface area contributed by atoms with Crippen LogP contribution in [0.25, 0.3) is 0 Å². The molecule has 2 aromatic heterocycles. The molecule has 0 radical (unpaired) electrons. The van der Waals surface area contributed by atoms with Crippen LogP contribution >= 0.6 is 11.3 Å².